The van der Waals surface area contributed by atoms with Crippen LogP contribution in [0, 0.1) is 0 Å². The van der Waals surface area contributed by atoms with Gasteiger partial charge in [0.1, 0.15) is 11.2 Å². The third kappa shape index (κ3) is 1.96. The van der Waals surface area contributed by atoms with E-state index < -0.39 is 5.41 Å². The summed E-state index contributed by atoms with van der Waals surface area (Å²) in [5.74, 6) is 0. The van der Waals surface area contributed by atoms with E-state index in [0.717, 1.165) is 22.5 Å². The molecule has 1 aliphatic heterocycles. The van der Waals surface area contributed by atoms with E-state index in [1.54, 1.807) is 0 Å². The highest BCUT2D eigenvalue weighted by atomic mass is 16.3. The second-order valence-electron chi connectivity index (χ2n) is 8.97. The Morgan fingerprint density at radius 1 is 0.515 bits per heavy atom. The van der Waals surface area contributed by atoms with Gasteiger partial charge in [-0.25, -0.2) is 0 Å². The zero-order valence-electron chi connectivity index (χ0n) is 17.8. The number of benzene rings is 5. The van der Waals surface area contributed by atoms with Crippen molar-refractivity contribution in [2.45, 2.75) is 5.41 Å². The number of nitrogens with one attached hydrogen (secondary N) is 1. The average molecular weight is 421 g/mol. The van der Waals surface area contributed by atoms with Crippen molar-refractivity contribution >= 4 is 33.3 Å². The molecule has 1 aromatic heterocycles. The summed E-state index contributed by atoms with van der Waals surface area (Å²) in [5.41, 5.74) is 11.5. The second kappa shape index (κ2) is 5.93. The van der Waals surface area contributed by atoms with Crippen molar-refractivity contribution in [3.63, 3.8) is 0 Å². The predicted molar refractivity (Wildman–Crippen MR) is 134 cm³/mol. The first-order valence-electron chi connectivity index (χ1n) is 11.4. The lowest BCUT2D eigenvalue weighted by molar-refractivity contribution is 0.669. The van der Waals surface area contributed by atoms with Gasteiger partial charge < -0.3 is 9.73 Å². The number of para-hydroxylation sites is 3. The molecule has 0 radical (unpaired) electrons. The van der Waals surface area contributed by atoms with Crippen molar-refractivity contribution in [3.05, 3.63) is 131 Å². The van der Waals surface area contributed by atoms with Crippen LogP contribution < -0.4 is 5.32 Å². The van der Waals surface area contributed by atoms with Crippen LogP contribution in [0.2, 0.25) is 0 Å². The van der Waals surface area contributed by atoms with Gasteiger partial charge in [-0.3, -0.25) is 0 Å². The van der Waals surface area contributed by atoms with Crippen molar-refractivity contribution in [3.8, 4) is 11.1 Å². The molecule has 6 aromatic rings. The lowest BCUT2D eigenvalue weighted by atomic mass is 9.65. The van der Waals surface area contributed by atoms with Gasteiger partial charge in [-0.1, -0.05) is 91.0 Å². The molecule has 1 N–H and O–H groups in total. The first kappa shape index (κ1) is 17.3. The Morgan fingerprint density at radius 3 is 1.94 bits per heavy atom. The Bertz CT molecular complexity index is 1710. The van der Waals surface area contributed by atoms with Gasteiger partial charge in [0.2, 0.25) is 0 Å². The molecule has 0 unspecified atom stereocenters. The van der Waals surface area contributed by atoms with E-state index in [9.17, 15) is 0 Å². The van der Waals surface area contributed by atoms with E-state index in [2.05, 4.69) is 108 Å². The molecule has 33 heavy (non-hydrogen) atoms. The van der Waals surface area contributed by atoms with Crippen LogP contribution in [-0.4, -0.2) is 0 Å². The third-order valence-corrected chi connectivity index (χ3v) is 7.48. The molecule has 5 aromatic carbocycles. The largest absolute Gasteiger partial charge is 0.455 e. The highest BCUT2D eigenvalue weighted by molar-refractivity contribution is 6.12. The fourth-order valence-electron chi connectivity index (χ4n) is 6.25. The average Bonchev–Trinajstić information content (AvgIpc) is 3.39. The van der Waals surface area contributed by atoms with Gasteiger partial charge in [0.15, 0.2) is 0 Å². The summed E-state index contributed by atoms with van der Waals surface area (Å²) in [4.78, 5) is 0. The molecule has 2 heteroatoms. The first-order chi connectivity index (χ1) is 16.4. The number of rotatable bonds is 0. The Morgan fingerprint density at radius 2 is 1.15 bits per heavy atom. The maximum absolute atomic E-state index is 6.55. The van der Waals surface area contributed by atoms with Gasteiger partial charge in [-0.15, -0.1) is 0 Å². The van der Waals surface area contributed by atoms with Crippen LogP contribution in [0.1, 0.15) is 22.3 Å². The summed E-state index contributed by atoms with van der Waals surface area (Å²) in [6.07, 6.45) is 0. The SMILES string of the molecule is c1ccc2c(c1)Nc1ccccc1C21c2ccccc2-c2c1ccc1c2oc2ccccc21. The Balaban J connectivity index is 1.62. The predicted octanol–water partition coefficient (Wildman–Crippen LogP) is 8.01. The molecule has 154 valence electrons. The Hall–Kier alpha value is -4.30. The van der Waals surface area contributed by atoms with Crippen LogP contribution in [0.25, 0.3) is 33.1 Å². The van der Waals surface area contributed by atoms with Crippen LogP contribution in [0.4, 0.5) is 11.4 Å². The van der Waals surface area contributed by atoms with Crippen LogP contribution >= 0.6 is 0 Å². The van der Waals surface area contributed by atoms with Gasteiger partial charge in [0, 0.05) is 27.7 Å². The van der Waals surface area contributed by atoms with E-state index in [0.29, 0.717) is 0 Å². The Kier molecular flexibility index (Phi) is 3.11. The zero-order valence-corrected chi connectivity index (χ0v) is 17.8. The maximum atomic E-state index is 6.55. The van der Waals surface area contributed by atoms with E-state index in [1.165, 1.54) is 44.2 Å². The number of furan rings is 1. The van der Waals surface area contributed by atoms with Gasteiger partial charge >= 0.3 is 0 Å². The minimum absolute atomic E-state index is 0.391. The first-order valence-corrected chi connectivity index (χ1v) is 11.4. The molecule has 2 nitrogen and oxygen atoms in total. The minimum Gasteiger partial charge on any atom is -0.455 e. The Labute approximate surface area is 191 Å². The lowest BCUT2D eigenvalue weighted by Gasteiger charge is -2.40. The molecule has 0 saturated heterocycles. The van der Waals surface area contributed by atoms with Gasteiger partial charge in [-0.2, -0.15) is 0 Å². The fraction of sp³-hybridized carbons (Fsp3) is 0.0323. The van der Waals surface area contributed by atoms with Gasteiger partial charge in [-0.05, 0) is 46.0 Å². The van der Waals surface area contributed by atoms with E-state index in [1.807, 2.05) is 6.07 Å². The topological polar surface area (TPSA) is 25.2 Å². The number of hydrogen-bond acceptors (Lipinski definition) is 2. The summed E-state index contributed by atoms with van der Waals surface area (Å²) in [6.45, 7) is 0. The van der Waals surface area contributed by atoms with Crippen LogP contribution in [0.15, 0.2) is 114 Å². The molecule has 1 spiro atoms. The van der Waals surface area contributed by atoms with E-state index in [-0.39, 0.29) is 0 Å². The molecule has 0 saturated carbocycles. The molecule has 0 atom stereocenters. The number of fused-ring (bicyclic) bond motifs is 13. The van der Waals surface area contributed by atoms with Crippen LogP contribution in [0.5, 0.6) is 0 Å². The van der Waals surface area contributed by atoms with E-state index in [4.69, 9.17) is 4.42 Å². The molecule has 8 rings (SSSR count). The summed E-state index contributed by atoms with van der Waals surface area (Å²) in [7, 11) is 0. The molecular formula is C31H19NO. The van der Waals surface area contributed by atoms with Crippen molar-refractivity contribution in [1.82, 2.24) is 0 Å². The van der Waals surface area contributed by atoms with Crippen molar-refractivity contribution in [1.29, 1.82) is 0 Å². The molecule has 0 bridgehead atoms. The quantitative estimate of drug-likeness (QED) is 0.268. The number of anilines is 2. The van der Waals surface area contributed by atoms with Crippen LogP contribution in [-0.2, 0) is 5.41 Å². The van der Waals surface area contributed by atoms with Gasteiger partial charge in [0.25, 0.3) is 0 Å². The fourth-order valence-corrected chi connectivity index (χ4v) is 6.25. The van der Waals surface area contributed by atoms with Crippen molar-refractivity contribution < 1.29 is 4.42 Å². The molecule has 2 heterocycles. The highest BCUT2D eigenvalue weighted by Crippen LogP contribution is 2.62. The standard InChI is InChI=1S/C31H19NO/c1-3-11-22-21(10-1)29-25(18-17-20-19-9-2-8-16-28(19)33-30(20)29)31(22)23-12-4-6-14-26(23)32-27-15-7-5-13-24(27)31/h1-18,32H. The molecule has 0 fully saturated rings. The lowest BCUT2D eigenvalue weighted by Crippen LogP contribution is -2.33. The van der Waals surface area contributed by atoms with Crippen molar-refractivity contribution in [2.75, 3.05) is 5.32 Å². The minimum atomic E-state index is -0.391. The monoisotopic (exact) mass is 421 g/mol. The summed E-state index contributed by atoms with van der Waals surface area (Å²) in [6, 6.07) is 39.2. The smallest absolute Gasteiger partial charge is 0.143 e. The second-order valence-corrected chi connectivity index (χ2v) is 8.97. The third-order valence-electron chi connectivity index (χ3n) is 7.48. The highest BCUT2D eigenvalue weighted by Gasteiger charge is 2.50. The maximum Gasteiger partial charge on any atom is 0.143 e. The molecule has 2 aliphatic rings. The van der Waals surface area contributed by atoms with Crippen LogP contribution in [0.3, 0.4) is 0 Å². The van der Waals surface area contributed by atoms with Crippen molar-refractivity contribution in [2.24, 2.45) is 0 Å². The summed E-state index contributed by atoms with van der Waals surface area (Å²) in [5, 5.41) is 6.03. The van der Waals surface area contributed by atoms with Gasteiger partial charge in [0.05, 0.1) is 5.41 Å². The number of hydrogen-bond donors (Lipinski definition) is 1. The molecular weight excluding hydrogens is 402 g/mol. The van der Waals surface area contributed by atoms with E-state index >= 15 is 0 Å². The normalized spacial score (nSPS) is 14.5. The summed E-state index contributed by atoms with van der Waals surface area (Å²) < 4.78 is 6.55. The zero-order chi connectivity index (χ0) is 21.6. The summed E-state index contributed by atoms with van der Waals surface area (Å²) >= 11 is 0. The molecule has 1 aliphatic carbocycles. The molecule has 0 amide bonds.